The predicted molar refractivity (Wildman–Crippen MR) is 124 cm³/mol. The summed E-state index contributed by atoms with van der Waals surface area (Å²) in [5.41, 5.74) is 2.68. The van der Waals surface area contributed by atoms with E-state index in [1.54, 1.807) is 13.1 Å². The fraction of sp³-hybridized carbons (Fsp3) is 0.240. The van der Waals surface area contributed by atoms with Crippen molar-refractivity contribution in [1.82, 2.24) is 4.90 Å². The van der Waals surface area contributed by atoms with E-state index in [0.717, 1.165) is 18.4 Å². The number of hydrogen-bond donors (Lipinski definition) is 0. The molecule has 172 valence electrons. The number of methoxy groups -OCH3 is 1. The van der Waals surface area contributed by atoms with Crippen LogP contribution in [0.3, 0.4) is 0 Å². The third-order valence-electron chi connectivity index (χ3n) is 5.74. The zero-order valence-electron chi connectivity index (χ0n) is 18.5. The van der Waals surface area contributed by atoms with Crippen molar-refractivity contribution in [2.75, 3.05) is 25.0 Å². The molecule has 33 heavy (non-hydrogen) atoms. The SMILES string of the molecule is COc1ccc(CN(C)C(=O)c2ccc(S(=O)(=O)N3CCCc4ccccc43)cc2)cc1F. The van der Waals surface area contributed by atoms with Crippen molar-refractivity contribution in [2.24, 2.45) is 0 Å². The number of fused-ring (bicyclic) bond motifs is 1. The van der Waals surface area contributed by atoms with Crippen molar-refractivity contribution >= 4 is 21.6 Å². The first kappa shape index (κ1) is 22.8. The maximum absolute atomic E-state index is 13.9. The monoisotopic (exact) mass is 468 g/mol. The number of carbonyl (C=O) groups excluding carboxylic acids is 1. The number of para-hydroxylation sites is 1. The first-order chi connectivity index (χ1) is 15.8. The molecule has 1 heterocycles. The summed E-state index contributed by atoms with van der Waals surface area (Å²) in [5.74, 6) is -0.649. The van der Waals surface area contributed by atoms with Crippen LogP contribution in [0.15, 0.2) is 71.6 Å². The Morgan fingerprint density at radius 3 is 2.52 bits per heavy atom. The minimum atomic E-state index is -3.74. The normalized spacial score (nSPS) is 13.4. The molecule has 3 aromatic carbocycles. The predicted octanol–water partition coefficient (Wildman–Crippen LogP) is 4.25. The topological polar surface area (TPSA) is 66.9 Å². The molecule has 0 aliphatic carbocycles. The van der Waals surface area contributed by atoms with Gasteiger partial charge in [-0.2, -0.15) is 0 Å². The van der Waals surface area contributed by atoms with E-state index in [0.29, 0.717) is 23.4 Å². The average Bonchev–Trinajstić information content (AvgIpc) is 2.83. The van der Waals surface area contributed by atoms with Crippen LogP contribution in [-0.4, -0.2) is 39.9 Å². The number of anilines is 1. The standard InChI is InChI=1S/C25H25FN2O4S/c1-27(17-18-9-14-24(32-2)22(26)16-18)25(29)20-10-12-21(13-11-20)33(30,31)28-15-5-7-19-6-3-4-8-23(19)28/h3-4,6,8-14,16H,5,7,15,17H2,1-2H3. The molecule has 0 bridgehead atoms. The molecule has 6 nitrogen and oxygen atoms in total. The van der Waals surface area contributed by atoms with Crippen molar-refractivity contribution in [3.63, 3.8) is 0 Å². The molecule has 0 fully saturated rings. The number of amides is 1. The maximum Gasteiger partial charge on any atom is 0.264 e. The van der Waals surface area contributed by atoms with Gasteiger partial charge in [0.05, 0.1) is 17.7 Å². The molecule has 3 aromatic rings. The second kappa shape index (κ2) is 9.23. The van der Waals surface area contributed by atoms with Crippen LogP contribution in [0.4, 0.5) is 10.1 Å². The molecule has 0 aromatic heterocycles. The molecular weight excluding hydrogens is 443 g/mol. The molecular formula is C25H25FN2O4S. The Balaban J connectivity index is 1.51. The Morgan fingerprint density at radius 2 is 1.82 bits per heavy atom. The van der Waals surface area contributed by atoms with Crippen molar-refractivity contribution in [1.29, 1.82) is 0 Å². The number of rotatable bonds is 6. The van der Waals surface area contributed by atoms with Gasteiger partial charge in [0.15, 0.2) is 11.6 Å². The zero-order valence-corrected chi connectivity index (χ0v) is 19.3. The summed E-state index contributed by atoms with van der Waals surface area (Å²) in [6.07, 6.45) is 1.60. The lowest BCUT2D eigenvalue weighted by molar-refractivity contribution is 0.0785. The number of halogens is 1. The summed E-state index contributed by atoms with van der Waals surface area (Å²) < 4.78 is 46.8. The molecule has 1 aliphatic rings. The van der Waals surface area contributed by atoms with Crippen molar-refractivity contribution in [3.8, 4) is 5.75 Å². The van der Waals surface area contributed by atoms with Crippen LogP contribution in [0.1, 0.15) is 27.9 Å². The van der Waals surface area contributed by atoms with Gasteiger partial charge in [0.2, 0.25) is 0 Å². The number of benzene rings is 3. The summed E-state index contributed by atoms with van der Waals surface area (Å²) in [6.45, 7) is 0.617. The smallest absolute Gasteiger partial charge is 0.264 e. The van der Waals surface area contributed by atoms with Crippen LogP contribution in [0.2, 0.25) is 0 Å². The van der Waals surface area contributed by atoms with Crippen molar-refractivity contribution < 1.29 is 22.3 Å². The van der Waals surface area contributed by atoms with E-state index in [-0.39, 0.29) is 23.1 Å². The number of ether oxygens (including phenoxy) is 1. The largest absolute Gasteiger partial charge is 0.494 e. The Labute approximate surface area is 193 Å². The Morgan fingerprint density at radius 1 is 1.09 bits per heavy atom. The van der Waals surface area contributed by atoms with Gasteiger partial charge >= 0.3 is 0 Å². The number of hydrogen-bond acceptors (Lipinski definition) is 4. The third-order valence-corrected chi connectivity index (χ3v) is 7.57. The highest BCUT2D eigenvalue weighted by atomic mass is 32.2. The van der Waals surface area contributed by atoms with Gasteiger partial charge in [-0.15, -0.1) is 0 Å². The molecule has 4 rings (SSSR count). The van der Waals surface area contributed by atoms with E-state index in [4.69, 9.17) is 4.74 Å². The molecule has 0 saturated heterocycles. The van der Waals surface area contributed by atoms with Crippen LogP contribution in [0.5, 0.6) is 5.75 Å². The van der Waals surface area contributed by atoms with E-state index >= 15 is 0 Å². The van der Waals surface area contributed by atoms with E-state index < -0.39 is 15.8 Å². The molecule has 0 radical (unpaired) electrons. The second-order valence-corrected chi connectivity index (χ2v) is 9.83. The summed E-state index contributed by atoms with van der Waals surface area (Å²) in [5, 5.41) is 0. The van der Waals surface area contributed by atoms with E-state index in [1.165, 1.54) is 52.7 Å². The van der Waals surface area contributed by atoms with Crippen LogP contribution in [0, 0.1) is 5.82 Å². The maximum atomic E-state index is 13.9. The highest BCUT2D eigenvalue weighted by Crippen LogP contribution is 2.32. The fourth-order valence-corrected chi connectivity index (χ4v) is 5.56. The molecule has 8 heteroatoms. The van der Waals surface area contributed by atoms with Crippen molar-refractivity contribution in [3.05, 3.63) is 89.2 Å². The Kier molecular flexibility index (Phi) is 6.37. The zero-order chi connectivity index (χ0) is 23.6. The van der Waals surface area contributed by atoms with E-state index in [9.17, 15) is 17.6 Å². The summed E-state index contributed by atoms with van der Waals surface area (Å²) in [6, 6.07) is 18.0. The van der Waals surface area contributed by atoms with Gasteiger partial charge in [0.25, 0.3) is 15.9 Å². The Hall–Kier alpha value is -3.39. The number of sulfonamides is 1. The summed E-state index contributed by atoms with van der Waals surface area (Å²) in [4.78, 5) is 14.4. The highest BCUT2D eigenvalue weighted by Gasteiger charge is 2.29. The lowest BCUT2D eigenvalue weighted by Crippen LogP contribution is -2.35. The molecule has 1 amide bonds. The van der Waals surface area contributed by atoms with E-state index in [2.05, 4.69) is 0 Å². The molecule has 0 atom stereocenters. The van der Waals surface area contributed by atoms with Gasteiger partial charge in [-0.25, -0.2) is 12.8 Å². The number of aryl methyl sites for hydroxylation is 1. The van der Waals surface area contributed by atoms with Crippen LogP contribution < -0.4 is 9.04 Å². The molecule has 0 saturated carbocycles. The van der Waals surface area contributed by atoms with E-state index in [1.807, 2.05) is 24.3 Å². The van der Waals surface area contributed by atoms with Gasteiger partial charge in [0, 0.05) is 25.7 Å². The number of carbonyl (C=O) groups is 1. The lowest BCUT2D eigenvalue weighted by Gasteiger charge is -2.30. The minimum Gasteiger partial charge on any atom is -0.494 e. The van der Waals surface area contributed by atoms with Crippen LogP contribution in [-0.2, 0) is 23.0 Å². The fourth-order valence-electron chi connectivity index (χ4n) is 4.02. The van der Waals surface area contributed by atoms with Gasteiger partial charge in [0.1, 0.15) is 0 Å². The average molecular weight is 469 g/mol. The first-order valence-electron chi connectivity index (χ1n) is 10.6. The lowest BCUT2D eigenvalue weighted by atomic mass is 10.0. The van der Waals surface area contributed by atoms with Gasteiger partial charge in [-0.3, -0.25) is 9.10 Å². The Bertz CT molecular complexity index is 1280. The summed E-state index contributed by atoms with van der Waals surface area (Å²) in [7, 11) is -0.742. The molecule has 0 unspecified atom stereocenters. The van der Waals surface area contributed by atoms with Crippen LogP contribution in [0.25, 0.3) is 0 Å². The van der Waals surface area contributed by atoms with Gasteiger partial charge < -0.3 is 9.64 Å². The number of nitrogens with zero attached hydrogens (tertiary/aromatic N) is 2. The molecule has 0 spiro atoms. The molecule has 1 aliphatic heterocycles. The van der Waals surface area contributed by atoms with Gasteiger partial charge in [-0.1, -0.05) is 24.3 Å². The van der Waals surface area contributed by atoms with Crippen LogP contribution >= 0.6 is 0 Å². The minimum absolute atomic E-state index is 0.135. The quantitative estimate of drug-likeness (QED) is 0.543. The summed E-state index contributed by atoms with van der Waals surface area (Å²) >= 11 is 0. The van der Waals surface area contributed by atoms with Crippen molar-refractivity contribution in [2.45, 2.75) is 24.3 Å². The van der Waals surface area contributed by atoms with Gasteiger partial charge in [-0.05, 0) is 66.4 Å². The highest BCUT2D eigenvalue weighted by molar-refractivity contribution is 7.92. The third kappa shape index (κ3) is 4.57. The molecule has 0 N–H and O–H groups in total. The first-order valence-corrected chi connectivity index (χ1v) is 12.0. The second-order valence-electron chi connectivity index (χ2n) is 7.96.